The first-order valence-electron chi connectivity index (χ1n) is 9.02. The SMILES string of the molecule is CC(C)(C)C1CCN(CC2CCN(C(C)(C)SS)CC2)CC1. The summed E-state index contributed by atoms with van der Waals surface area (Å²) in [5, 5.41) is 0. The molecule has 2 aliphatic rings. The molecule has 2 fully saturated rings. The van der Waals surface area contributed by atoms with Crippen LogP contribution in [0.4, 0.5) is 0 Å². The maximum Gasteiger partial charge on any atom is 0.0713 e. The number of nitrogens with zero attached hydrogens (tertiary/aromatic N) is 2. The molecule has 0 aliphatic carbocycles. The number of hydrogen-bond donors (Lipinski definition) is 1. The Morgan fingerprint density at radius 2 is 1.45 bits per heavy atom. The molecule has 0 aromatic carbocycles. The van der Waals surface area contributed by atoms with Gasteiger partial charge in [0.25, 0.3) is 0 Å². The lowest BCUT2D eigenvalue weighted by atomic mass is 9.75. The molecule has 0 saturated carbocycles. The number of likely N-dealkylation sites (tertiary alicyclic amines) is 2. The number of hydrogen-bond acceptors (Lipinski definition) is 4. The zero-order valence-corrected chi connectivity index (χ0v) is 17.0. The smallest absolute Gasteiger partial charge is 0.0713 e. The molecule has 2 heterocycles. The van der Waals surface area contributed by atoms with E-state index in [2.05, 4.69) is 56.1 Å². The highest BCUT2D eigenvalue weighted by molar-refractivity contribution is 8.69. The summed E-state index contributed by atoms with van der Waals surface area (Å²) in [6.45, 7) is 18.3. The Balaban J connectivity index is 1.72. The van der Waals surface area contributed by atoms with Crippen LogP contribution in [0.15, 0.2) is 0 Å². The second-order valence-electron chi connectivity index (χ2n) is 8.91. The summed E-state index contributed by atoms with van der Waals surface area (Å²) in [7, 11) is 1.68. The molecular formula is C18H36N2S2. The van der Waals surface area contributed by atoms with Gasteiger partial charge >= 0.3 is 0 Å². The van der Waals surface area contributed by atoms with E-state index >= 15 is 0 Å². The standard InChI is InChI=1S/C18H36N2S2/c1-17(2,3)16-8-10-19(11-9-16)14-15-6-12-20(13-7-15)18(4,5)22-21/h15-16,21H,6-14H2,1-5H3. The van der Waals surface area contributed by atoms with Crippen LogP contribution < -0.4 is 0 Å². The molecule has 0 bridgehead atoms. The Morgan fingerprint density at radius 1 is 0.909 bits per heavy atom. The topological polar surface area (TPSA) is 6.48 Å². The quantitative estimate of drug-likeness (QED) is 0.580. The van der Waals surface area contributed by atoms with Crippen molar-refractivity contribution in [2.75, 3.05) is 32.7 Å². The summed E-state index contributed by atoms with van der Waals surface area (Å²) in [5.74, 6) is 1.82. The molecule has 2 saturated heterocycles. The van der Waals surface area contributed by atoms with Crippen molar-refractivity contribution < 1.29 is 0 Å². The number of piperidine rings is 2. The van der Waals surface area contributed by atoms with Crippen molar-refractivity contribution in [3.63, 3.8) is 0 Å². The van der Waals surface area contributed by atoms with Crippen LogP contribution in [-0.4, -0.2) is 47.4 Å². The highest BCUT2D eigenvalue weighted by Gasteiger charge is 2.32. The van der Waals surface area contributed by atoms with Crippen LogP contribution in [0.25, 0.3) is 0 Å². The molecule has 2 rings (SSSR count). The van der Waals surface area contributed by atoms with Crippen molar-refractivity contribution in [1.82, 2.24) is 9.80 Å². The summed E-state index contributed by atoms with van der Waals surface area (Å²) in [6, 6.07) is 0. The minimum absolute atomic E-state index is 0.180. The fourth-order valence-corrected chi connectivity index (χ4v) is 4.70. The van der Waals surface area contributed by atoms with Gasteiger partial charge in [0.2, 0.25) is 0 Å². The number of thiol groups is 1. The van der Waals surface area contributed by atoms with Gasteiger partial charge in [-0.2, -0.15) is 0 Å². The first-order valence-corrected chi connectivity index (χ1v) is 10.9. The van der Waals surface area contributed by atoms with Crippen LogP contribution in [0.5, 0.6) is 0 Å². The lowest BCUT2D eigenvalue weighted by Gasteiger charge is -2.44. The zero-order valence-electron chi connectivity index (χ0n) is 15.3. The third kappa shape index (κ3) is 5.06. The lowest BCUT2D eigenvalue weighted by molar-refractivity contribution is 0.0749. The monoisotopic (exact) mass is 344 g/mol. The Bertz CT molecular complexity index is 335. The minimum atomic E-state index is 0.180. The normalized spacial score (nSPS) is 24.8. The van der Waals surface area contributed by atoms with Crippen molar-refractivity contribution in [3.05, 3.63) is 0 Å². The van der Waals surface area contributed by atoms with E-state index in [1.54, 1.807) is 10.8 Å². The summed E-state index contributed by atoms with van der Waals surface area (Å²) in [6.07, 6.45) is 5.51. The number of rotatable bonds is 4. The van der Waals surface area contributed by atoms with Crippen molar-refractivity contribution in [1.29, 1.82) is 0 Å². The molecule has 0 radical (unpaired) electrons. The summed E-state index contributed by atoms with van der Waals surface area (Å²) >= 11 is 4.44. The van der Waals surface area contributed by atoms with Gasteiger partial charge < -0.3 is 4.90 Å². The van der Waals surface area contributed by atoms with Crippen molar-refractivity contribution >= 4 is 22.5 Å². The Kier molecular flexibility index (Phi) is 6.61. The van der Waals surface area contributed by atoms with Gasteiger partial charge in [-0.1, -0.05) is 31.6 Å². The van der Waals surface area contributed by atoms with E-state index in [0.717, 1.165) is 11.8 Å². The molecule has 130 valence electrons. The van der Waals surface area contributed by atoms with Gasteiger partial charge in [-0.25, -0.2) is 0 Å². The molecule has 0 aromatic heterocycles. The van der Waals surface area contributed by atoms with E-state index < -0.39 is 0 Å². The highest BCUT2D eigenvalue weighted by Crippen LogP contribution is 2.36. The molecule has 0 amide bonds. The lowest BCUT2D eigenvalue weighted by Crippen LogP contribution is -2.48. The maximum absolute atomic E-state index is 4.44. The molecule has 4 heteroatoms. The molecular weight excluding hydrogens is 308 g/mol. The van der Waals surface area contributed by atoms with Crippen LogP contribution in [0.1, 0.15) is 60.3 Å². The third-order valence-corrected chi connectivity index (χ3v) is 7.97. The Morgan fingerprint density at radius 3 is 1.91 bits per heavy atom. The second kappa shape index (κ2) is 7.67. The van der Waals surface area contributed by atoms with E-state index in [9.17, 15) is 0 Å². The van der Waals surface area contributed by atoms with Crippen LogP contribution in [0.2, 0.25) is 0 Å². The fraction of sp³-hybridized carbons (Fsp3) is 1.00. The van der Waals surface area contributed by atoms with Gasteiger partial charge in [-0.05, 0) is 83.0 Å². The van der Waals surface area contributed by atoms with Gasteiger partial charge in [-0.15, -0.1) is 11.7 Å². The van der Waals surface area contributed by atoms with Gasteiger partial charge in [0, 0.05) is 6.54 Å². The Labute approximate surface area is 147 Å². The van der Waals surface area contributed by atoms with Gasteiger partial charge in [-0.3, -0.25) is 4.90 Å². The van der Waals surface area contributed by atoms with Crippen LogP contribution in [0, 0.1) is 17.3 Å². The molecule has 22 heavy (non-hydrogen) atoms. The van der Waals surface area contributed by atoms with Gasteiger partial charge in [0.1, 0.15) is 0 Å². The molecule has 2 aliphatic heterocycles. The molecule has 2 nitrogen and oxygen atoms in total. The van der Waals surface area contributed by atoms with Crippen LogP contribution in [0.3, 0.4) is 0 Å². The minimum Gasteiger partial charge on any atom is -0.303 e. The molecule has 0 N–H and O–H groups in total. The van der Waals surface area contributed by atoms with Gasteiger partial charge in [0.15, 0.2) is 0 Å². The van der Waals surface area contributed by atoms with Gasteiger partial charge in [0.05, 0.1) is 4.87 Å². The average Bonchev–Trinajstić information content (AvgIpc) is 2.47. The molecule has 0 spiro atoms. The van der Waals surface area contributed by atoms with E-state index in [1.165, 1.54) is 58.4 Å². The maximum atomic E-state index is 4.44. The predicted octanol–water partition coefficient (Wildman–Crippen LogP) is 4.77. The van der Waals surface area contributed by atoms with Crippen LogP contribution >= 0.6 is 22.5 Å². The summed E-state index contributed by atoms with van der Waals surface area (Å²) in [5.41, 5.74) is 0.494. The van der Waals surface area contributed by atoms with E-state index in [-0.39, 0.29) is 4.87 Å². The molecule has 0 atom stereocenters. The molecule has 0 aromatic rings. The zero-order chi connectivity index (χ0) is 16.4. The Hall–Kier alpha value is 0.620. The second-order valence-corrected chi connectivity index (χ2v) is 10.6. The summed E-state index contributed by atoms with van der Waals surface area (Å²) in [4.78, 5) is 5.52. The molecule has 0 unspecified atom stereocenters. The first kappa shape index (κ1) is 19.0. The predicted molar refractivity (Wildman–Crippen MR) is 104 cm³/mol. The largest absolute Gasteiger partial charge is 0.303 e. The third-order valence-electron chi connectivity index (χ3n) is 5.93. The first-order chi connectivity index (χ1) is 10.2. The van der Waals surface area contributed by atoms with Crippen molar-refractivity contribution in [2.24, 2.45) is 17.3 Å². The fourth-order valence-electron chi connectivity index (χ4n) is 4.06. The average molecular weight is 345 g/mol. The van der Waals surface area contributed by atoms with Crippen molar-refractivity contribution in [3.8, 4) is 0 Å². The van der Waals surface area contributed by atoms with E-state index in [0.29, 0.717) is 5.41 Å². The summed E-state index contributed by atoms with van der Waals surface area (Å²) < 4.78 is 0. The van der Waals surface area contributed by atoms with E-state index in [1.807, 2.05) is 0 Å². The van der Waals surface area contributed by atoms with Crippen molar-refractivity contribution in [2.45, 2.75) is 65.2 Å². The highest BCUT2D eigenvalue weighted by atomic mass is 33.1. The van der Waals surface area contributed by atoms with E-state index in [4.69, 9.17) is 0 Å². The van der Waals surface area contributed by atoms with Crippen LogP contribution in [-0.2, 0) is 0 Å².